The lowest BCUT2D eigenvalue weighted by molar-refractivity contribution is -0.131. The van der Waals surface area contributed by atoms with E-state index in [4.69, 9.17) is 34.8 Å². The third kappa shape index (κ3) is 101. The maximum Gasteiger partial charge on any atom is 0.421 e. The van der Waals surface area contributed by atoms with Gasteiger partial charge in [0.25, 0.3) is 5.91 Å². The molecular weight excluding hydrogens is 1370 g/mol. The summed E-state index contributed by atoms with van der Waals surface area (Å²) in [7, 11) is 3.59. The van der Waals surface area contributed by atoms with Crippen molar-refractivity contribution < 1.29 is 56.3 Å². The molecule has 0 rings (SSSR count). The number of ketones is 2. The van der Waals surface area contributed by atoms with E-state index < -0.39 is 33.8 Å². The van der Waals surface area contributed by atoms with Crippen molar-refractivity contribution >= 4 is 87.7 Å². The fourth-order valence-corrected chi connectivity index (χ4v) is 5.87. The number of halogens is 6. The Kier molecular flexibility index (Phi) is 62.4. The average Bonchev–Trinajstić information content (AvgIpc) is 0.880. The number of alkyl halides is 6. The van der Waals surface area contributed by atoms with Crippen LogP contribution >= 0.6 is 34.8 Å². The minimum absolute atomic E-state index is 0.000694. The van der Waals surface area contributed by atoms with E-state index >= 15 is 0 Å². The third-order valence-corrected chi connectivity index (χ3v) is 12.5. The maximum atomic E-state index is 12.0. The van der Waals surface area contributed by atoms with Crippen LogP contribution in [-0.4, -0.2) is 145 Å². The van der Waals surface area contributed by atoms with Gasteiger partial charge in [-0.1, -0.05) is 226 Å². The summed E-state index contributed by atoms with van der Waals surface area (Å²) in [4.78, 5) is 102. The average molecular weight is 1520 g/mol. The molecular formula is C80H149Cl3F3N7O9. The summed E-state index contributed by atoms with van der Waals surface area (Å²) in [6.45, 7) is 85.3. The van der Waals surface area contributed by atoms with Crippen LogP contribution in [0.1, 0.15) is 254 Å². The molecule has 0 heterocycles. The van der Waals surface area contributed by atoms with Crippen molar-refractivity contribution in [2.24, 2.45) is 48.7 Å². The smallest absolute Gasteiger partial charge is 0.354 e. The first-order chi connectivity index (χ1) is 45.0. The number of rotatable bonds is 21. The number of nitrogens with one attached hydrogen (secondary N) is 5. The van der Waals surface area contributed by atoms with Gasteiger partial charge in [-0.15, -0.1) is 34.8 Å². The lowest BCUT2D eigenvalue weighted by atomic mass is 9.89. The fraction of sp³-hybridized carbons (Fsp3) is 0.738. The van der Waals surface area contributed by atoms with Gasteiger partial charge < -0.3 is 36.4 Å². The first-order valence-electron chi connectivity index (χ1n) is 34.8. The molecule has 0 aromatic rings. The van der Waals surface area contributed by atoms with Gasteiger partial charge >= 0.3 is 6.18 Å². The van der Waals surface area contributed by atoms with Crippen molar-refractivity contribution in [3.63, 3.8) is 0 Å². The molecule has 0 aliphatic rings. The molecule has 22 heteroatoms. The van der Waals surface area contributed by atoms with Crippen LogP contribution in [0.4, 0.5) is 13.2 Å². The van der Waals surface area contributed by atoms with Gasteiger partial charge in [0.15, 0.2) is 11.6 Å². The van der Waals surface area contributed by atoms with Crippen molar-refractivity contribution in [3.05, 3.63) is 74.4 Å². The van der Waals surface area contributed by atoms with E-state index in [1.165, 1.54) is 18.2 Å². The Hall–Kier alpha value is -5.27. The van der Waals surface area contributed by atoms with Gasteiger partial charge in [0.2, 0.25) is 35.4 Å². The van der Waals surface area contributed by atoms with Gasteiger partial charge in [0.1, 0.15) is 21.7 Å². The molecule has 0 aliphatic carbocycles. The number of carbonyl (C=O) groups excluding carboxylic acids is 9. The molecule has 0 fully saturated rings. The Bertz CT molecular complexity index is 2430. The predicted octanol–water partition coefficient (Wildman–Crippen LogP) is 18.6. The summed E-state index contributed by atoms with van der Waals surface area (Å²) < 4.78 is 35.9. The summed E-state index contributed by atoms with van der Waals surface area (Å²) in [5.74, 6) is -1.13. The zero-order chi connectivity index (χ0) is 83.8. The van der Waals surface area contributed by atoms with Crippen molar-refractivity contribution in [2.75, 3.05) is 59.9 Å². The highest BCUT2D eigenvalue weighted by atomic mass is 35.5. The largest absolute Gasteiger partial charge is 0.421 e. The van der Waals surface area contributed by atoms with E-state index in [1.807, 2.05) is 27.7 Å². The summed E-state index contributed by atoms with van der Waals surface area (Å²) in [5.41, 5.74) is 0.465. The van der Waals surface area contributed by atoms with Gasteiger partial charge in [-0.05, 0) is 127 Å². The monoisotopic (exact) mass is 1510 g/mol. The first-order valence-corrected chi connectivity index (χ1v) is 36.1. The zero-order valence-corrected chi connectivity index (χ0v) is 72.7. The highest BCUT2D eigenvalue weighted by Crippen LogP contribution is 2.25. The molecule has 16 nitrogen and oxygen atoms in total. The molecule has 0 aromatic heterocycles. The van der Waals surface area contributed by atoms with Crippen LogP contribution in [0.25, 0.3) is 0 Å². The summed E-state index contributed by atoms with van der Waals surface area (Å²) in [6, 6.07) is 0. The number of allylic oxidation sites excluding steroid dienone is 3. The molecule has 0 saturated carbocycles. The van der Waals surface area contributed by atoms with Crippen LogP contribution in [-0.2, 0) is 43.2 Å². The van der Waals surface area contributed by atoms with Crippen LogP contribution < -0.4 is 26.6 Å². The van der Waals surface area contributed by atoms with Crippen LogP contribution in [0.15, 0.2) is 74.4 Å². The van der Waals surface area contributed by atoms with Gasteiger partial charge in [0.05, 0.1) is 0 Å². The Morgan fingerprint density at radius 1 is 0.402 bits per heavy atom. The summed E-state index contributed by atoms with van der Waals surface area (Å²) in [5, 5.41) is 11.9. The highest BCUT2D eigenvalue weighted by molar-refractivity contribution is 6.31. The molecule has 0 radical (unpaired) electrons. The summed E-state index contributed by atoms with van der Waals surface area (Å²) >= 11 is 16.6. The van der Waals surface area contributed by atoms with E-state index in [0.717, 1.165) is 32.4 Å². The Balaban J connectivity index is -0.000000136. The SMILES string of the molecule is C/C=C/C(=O)CCC(C)(C)C.C=C(C(=O)NCC(C)(C)C)C(F)(F)F.C=C(C)C(=O)NCC(C)(C)C.C=CC(=O)CCC(C)(C)C.C=CC(=O)N(C)CC(C)(C)C.C=CC(=O)N(C)CCC(C)(C)C.CC(Cl)C(=O)NCC(C)(C)C.C[C@@H](Cl)C(=O)NCC(C)(C)C.C[C@H](Cl)C(=O)NCC(C)(C)C. The topological polar surface area (TPSA) is 220 Å². The second-order valence-electron chi connectivity index (χ2n) is 35.9. The molecule has 1 unspecified atom stereocenters. The molecule has 600 valence electrons. The normalized spacial score (nSPS) is 12.4. The summed E-state index contributed by atoms with van der Waals surface area (Å²) in [6.07, 6.45) is 7.11. The molecule has 102 heavy (non-hydrogen) atoms. The minimum atomic E-state index is -4.65. The standard InChI is InChI=1S/C10H19NO.C10H18O.C9H14F3NO.2C9H17NO.C9H16O.3C8H16ClNO/c1-6-9(12)11(5)8-7-10(2,3)4;1-5-6-9(11)7-8-10(2,3)4;1-6(9(10,11)12)7(14)13-5-8(2,3)4;1-7(2)8(11)10-6-9(3,4)5;1-6-8(11)10(5)7-9(2,3)4;1-5-8(10)6-7-9(2,3)4;3*1-6(9)7(11)10-5-8(2,3)4/h6H,1,7-8H2,2-5H3;5-6H,7-8H2,1-4H3;1,5H2,2-4H3,(H,13,14);1,6H2,2-5H3,(H,10,11);6H,1,7H2,2-5H3;5H,1,6-7H2,2-4H3;3*6H,5H2,1-4H3,(H,10,11)/b;6-5+;;;;;;;/t;;;;;;2*6-;/m......10./s1. The number of hydrogen-bond donors (Lipinski definition) is 5. The number of nitrogens with zero attached hydrogens (tertiary/aromatic N) is 2. The van der Waals surface area contributed by atoms with Gasteiger partial charge in [-0.25, -0.2) is 0 Å². The van der Waals surface area contributed by atoms with Crippen LogP contribution in [0, 0.1) is 48.7 Å². The number of amides is 7. The van der Waals surface area contributed by atoms with E-state index in [9.17, 15) is 56.3 Å². The molecule has 0 aromatic carbocycles. The predicted molar refractivity (Wildman–Crippen MR) is 430 cm³/mol. The quantitative estimate of drug-likeness (QED) is 0.0544. The van der Waals surface area contributed by atoms with Gasteiger partial charge in [-0.2, -0.15) is 13.2 Å². The van der Waals surface area contributed by atoms with Crippen molar-refractivity contribution in [1.82, 2.24) is 36.4 Å². The van der Waals surface area contributed by atoms with Gasteiger partial charge in [-0.3, -0.25) is 43.2 Å². The lowest BCUT2D eigenvalue weighted by Crippen LogP contribution is -2.36. The lowest BCUT2D eigenvalue weighted by Gasteiger charge is -2.25. The van der Waals surface area contributed by atoms with E-state index in [0.29, 0.717) is 44.6 Å². The highest BCUT2D eigenvalue weighted by Gasteiger charge is 2.37. The molecule has 0 spiro atoms. The Labute approximate surface area is 636 Å². The fourth-order valence-electron chi connectivity index (χ4n) is 5.64. The number of carbonyl (C=O) groups is 9. The first kappa shape index (κ1) is 115. The van der Waals surface area contributed by atoms with Crippen LogP contribution in [0.5, 0.6) is 0 Å². The molecule has 0 saturated heterocycles. The Morgan fingerprint density at radius 2 is 0.667 bits per heavy atom. The van der Waals surface area contributed by atoms with E-state index in [2.05, 4.69) is 226 Å². The van der Waals surface area contributed by atoms with Gasteiger partial charge in [0, 0.05) is 78.3 Å². The molecule has 0 bridgehead atoms. The Morgan fingerprint density at radius 3 is 0.882 bits per heavy atom. The molecule has 0 aliphatic heterocycles. The third-order valence-electron chi connectivity index (χ3n) is 11.9. The molecule has 5 N–H and O–H groups in total. The maximum absolute atomic E-state index is 12.0. The van der Waals surface area contributed by atoms with Crippen molar-refractivity contribution in [1.29, 1.82) is 0 Å². The van der Waals surface area contributed by atoms with Crippen LogP contribution in [0.3, 0.4) is 0 Å². The second kappa shape index (κ2) is 55.2. The van der Waals surface area contributed by atoms with E-state index in [-0.39, 0.29) is 102 Å². The molecule has 3 atom stereocenters. The minimum Gasteiger partial charge on any atom is -0.354 e. The van der Waals surface area contributed by atoms with Crippen LogP contribution in [0.2, 0.25) is 0 Å². The zero-order valence-electron chi connectivity index (χ0n) is 70.5. The number of likely N-dealkylation sites (N-methyl/N-ethyl adjacent to an activating group) is 2. The van der Waals surface area contributed by atoms with Crippen molar-refractivity contribution in [3.8, 4) is 0 Å². The second-order valence-corrected chi connectivity index (χ2v) is 37.9. The number of hydrogen-bond acceptors (Lipinski definition) is 9. The van der Waals surface area contributed by atoms with Crippen molar-refractivity contribution in [2.45, 2.75) is 276 Å². The molecule has 7 amide bonds. The van der Waals surface area contributed by atoms with E-state index in [1.54, 1.807) is 63.7 Å².